The predicted octanol–water partition coefficient (Wildman–Crippen LogP) is 5.61. The average molecular weight is 597 g/mol. The van der Waals surface area contributed by atoms with Gasteiger partial charge in [0.15, 0.2) is 0 Å². The molecule has 1 amide bonds. The quantitative estimate of drug-likeness (QED) is 0.315. The zero-order valence-electron chi connectivity index (χ0n) is 25.9. The van der Waals surface area contributed by atoms with Gasteiger partial charge >= 0.3 is 12.1 Å². The van der Waals surface area contributed by atoms with Crippen molar-refractivity contribution in [2.45, 2.75) is 70.2 Å². The molecule has 3 aliphatic heterocycles. The smallest absolute Gasteiger partial charge is 0.410 e. The number of rotatable bonds is 5. The third-order valence-electron chi connectivity index (χ3n) is 9.13. The Hall–Kier alpha value is -4.18. The number of fused-ring (bicyclic) bond motifs is 4. The molecule has 2 aromatic carbocycles. The monoisotopic (exact) mass is 596 g/mol. The number of phenolic OH excluding ortho intramolecular Hbond substituents is 1. The maximum Gasteiger partial charge on any atom is 0.410 e. The number of piperazine rings is 1. The largest absolute Gasteiger partial charge is 0.508 e. The lowest BCUT2D eigenvalue weighted by atomic mass is 10.0. The molecule has 2 unspecified atom stereocenters. The molecule has 3 saturated heterocycles. The van der Waals surface area contributed by atoms with Crippen LogP contribution in [-0.4, -0.2) is 93.0 Å². The van der Waals surface area contributed by atoms with Crippen LogP contribution in [0.3, 0.4) is 0 Å². The molecule has 4 aromatic rings. The second-order valence-corrected chi connectivity index (χ2v) is 13.4. The Morgan fingerprint density at radius 3 is 2.52 bits per heavy atom. The van der Waals surface area contributed by atoms with Crippen LogP contribution < -0.4 is 9.64 Å². The molecule has 0 radical (unpaired) electrons. The van der Waals surface area contributed by atoms with Crippen LogP contribution >= 0.6 is 0 Å². The first-order chi connectivity index (χ1) is 21.1. The van der Waals surface area contributed by atoms with Crippen LogP contribution in [0.5, 0.6) is 11.8 Å². The molecule has 0 aliphatic carbocycles. The maximum atomic E-state index is 13.1. The highest BCUT2D eigenvalue weighted by molar-refractivity contribution is 5.99. The van der Waals surface area contributed by atoms with E-state index in [1.54, 1.807) is 12.1 Å². The minimum atomic E-state index is -0.541. The molecule has 2 aromatic heterocycles. The summed E-state index contributed by atoms with van der Waals surface area (Å²) < 4.78 is 12.0. The Labute approximate surface area is 257 Å². The van der Waals surface area contributed by atoms with E-state index >= 15 is 0 Å². The molecule has 3 fully saturated rings. The maximum absolute atomic E-state index is 13.1. The number of hydrogen-bond acceptors (Lipinski definition) is 9. The van der Waals surface area contributed by atoms with Crippen molar-refractivity contribution >= 4 is 33.6 Å². The first-order valence-corrected chi connectivity index (χ1v) is 15.6. The number of aromatic nitrogens is 3. The summed E-state index contributed by atoms with van der Waals surface area (Å²) in [4.78, 5) is 34.3. The summed E-state index contributed by atoms with van der Waals surface area (Å²) >= 11 is 0. The van der Waals surface area contributed by atoms with Crippen molar-refractivity contribution in [1.82, 2.24) is 24.8 Å². The Morgan fingerprint density at radius 2 is 1.80 bits per heavy atom. The number of ether oxygens (including phenoxy) is 2. The predicted molar refractivity (Wildman–Crippen MR) is 170 cm³/mol. The molecular formula is C34H40N6O4. The Bertz CT molecular complexity index is 1710. The molecule has 3 atom stereocenters. The van der Waals surface area contributed by atoms with E-state index in [4.69, 9.17) is 24.4 Å². The van der Waals surface area contributed by atoms with Gasteiger partial charge in [-0.25, -0.2) is 4.79 Å². The fourth-order valence-electron chi connectivity index (χ4n) is 7.00. The summed E-state index contributed by atoms with van der Waals surface area (Å²) in [5.41, 5.74) is 1.73. The van der Waals surface area contributed by atoms with Gasteiger partial charge in [-0.05, 0) is 89.0 Å². The van der Waals surface area contributed by atoms with Crippen molar-refractivity contribution in [3.05, 3.63) is 48.7 Å². The highest BCUT2D eigenvalue weighted by atomic mass is 16.6. The molecule has 2 bridgehead atoms. The van der Waals surface area contributed by atoms with E-state index in [0.717, 1.165) is 65.3 Å². The topological polar surface area (TPSA) is 104 Å². The number of pyridine rings is 1. The van der Waals surface area contributed by atoms with Crippen LogP contribution in [0.15, 0.2) is 48.7 Å². The fourth-order valence-corrected chi connectivity index (χ4v) is 7.00. The van der Waals surface area contributed by atoms with Crippen molar-refractivity contribution in [1.29, 1.82) is 0 Å². The van der Waals surface area contributed by atoms with E-state index in [1.165, 1.54) is 0 Å². The minimum absolute atomic E-state index is 0.0380. The van der Waals surface area contributed by atoms with Gasteiger partial charge in [0.05, 0.1) is 28.7 Å². The minimum Gasteiger partial charge on any atom is -0.508 e. The van der Waals surface area contributed by atoms with Crippen molar-refractivity contribution in [2.24, 2.45) is 0 Å². The highest BCUT2D eigenvalue weighted by Gasteiger charge is 2.45. The first-order valence-electron chi connectivity index (χ1n) is 15.6. The van der Waals surface area contributed by atoms with Gasteiger partial charge < -0.3 is 24.4 Å². The molecule has 3 aliphatic rings. The van der Waals surface area contributed by atoms with Gasteiger partial charge in [0, 0.05) is 30.9 Å². The molecule has 44 heavy (non-hydrogen) atoms. The highest BCUT2D eigenvalue weighted by Crippen LogP contribution is 2.38. The number of nitrogens with zero attached hydrogens (tertiary/aromatic N) is 6. The van der Waals surface area contributed by atoms with Gasteiger partial charge in [-0.3, -0.25) is 9.88 Å². The van der Waals surface area contributed by atoms with Crippen molar-refractivity contribution < 1.29 is 19.4 Å². The van der Waals surface area contributed by atoms with Crippen LogP contribution in [0.4, 0.5) is 10.6 Å². The zero-order valence-corrected chi connectivity index (χ0v) is 25.9. The second kappa shape index (κ2) is 11.1. The third-order valence-corrected chi connectivity index (χ3v) is 9.13. The summed E-state index contributed by atoms with van der Waals surface area (Å²) in [6.45, 7) is 8.59. The standard InChI is InChI=1S/C34H40N6O4/c1-34(2,3)44-33(42)40-22-11-12-23(40)19-39(18-22)31-28-17-35-29(27-15-25(41)14-21-8-5-6-10-26(21)27)16-30(28)36-32(37-31)43-20-24-9-7-13-38(24)4/h5-6,8,10,14-17,22-24,41H,7,9,11-13,18-20H2,1-4H3/t22?,23?,24-/m0/s1. The van der Waals surface area contributed by atoms with Crippen LogP contribution in [0.2, 0.25) is 0 Å². The van der Waals surface area contributed by atoms with E-state index in [1.807, 2.05) is 62.2 Å². The van der Waals surface area contributed by atoms with Gasteiger partial charge in [0.25, 0.3) is 0 Å². The number of likely N-dealkylation sites (tertiary alicyclic amines) is 1. The summed E-state index contributed by atoms with van der Waals surface area (Å²) in [6, 6.07) is 14.2. The third kappa shape index (κ3) is 5.47. The first kappa shape index (κ1) is 28.6. The lowest BCUT2D eigenvalue weighted by molar-refractivity contribution is 0.0122. The molecule has 10 heteroatoms. The molecule has 1 N–H and O–H groups in total. The number of carbonyl (C=O) groups excluding carboxylic acids is 1. The number of benzene rings is 2. The van der Waals surface area contributed by atoms with Gasteiger partial charge in [-0.1, -0.05) is 24.3 Å². The summed E-state index contributed by atoms with van der Waals surface area (Å²) in [5.74, 6) is 0.956. The fraction of sp³-hybridized carbons (Fsp3) is 0.471. The molecule has 0 spiro atoms. The van der Waals surface area contributed by atoms with E-state index in [-0.39, 0.29) is 23.9 Å². The Kier molecular flexibility index (Phi) is 7.19. The van der Waals surface area contributed by atoms with Gasteiger partial charge in [-0.15, -0.1) is 0 Å². The van der Waals surface area contributed by atoms with E-state index in [2.05, 4.69) is 16.8 Å². The molecular weight excluding hydrogens is 556 g/mol. The molecule has 10 nitrogen and oxygen atoms in total. The number of aromatic hydroxyl groups is 1. The molecule has 230 valence electrons. The number of phenols is 1. The number of anilines is 1. The van der Waals surface area contributed by atoms with Crippen molar-refractivity contribution in [2.75, 3.05) is 38.2 Å². The van der Waals surface area contributed by atoms with Crippen LogP contribution in [0.1, 0.15) is 46.5 Å². The van der Waals surface area contributed by atoms with E-state index in [0.29, 0.717) is 37.4 Å². The van der Waals surface area contributed by atoms with Gasteiger partial charge in [0.1, 0.15) is 23.8 Å². The molecule has 5 heterocycles. The van der Waals surface area contributed by atoms with E-state index in [9.17, 15) is 9.90 Å². The number of amides is 1. The molecule has 0 saturated carbocycles. The number of hydrogen-bond donors (Lipinski definition) is 1. The average Bonchev–Trinajstić information content (AvgIpc) is 3.52. The number of likely N-dealkylation sites (N-methyl/N-ethyl adjacent to an activating group) is 1. The van der Waals surface area contributed by atoms with Crippen LogP contribution in [0, 0.1) is 0 Å². The summed E-state index contributed by atoms with van der Waals surface area (Å²) in [7, 11) is 2.13. The Morgan fingerprint density at radius 1 is 1.02 bits per heavy atom. The van der Waals surface area contributed by atoms with Crippen LogP contribution in [0.25, 0.3) is 32.9 Å². The van der Waals surface area contributed by atoms with Crippen molar-refractivity contribution in [3.8, 4) is 23.0 Å². The Balaban J connectivity index is 1.26. The normalized spacial score (nSPS) is 22.2. The second-order valence-electron chi connectivity index (χ2n) is 13.4. The van der Waals surface area contributed by atoms with E-state index < -0.39 is 5.60 Å². The van der Waals surface area contributed by atoms with Crippen molar-refractivity contribution in [3.63, 3.8) is 0 Å². The lowest BCUT2D eigenvalue weighted by Gasteiger charge is -2.42. The lowest BCUT2D eigenvalue weighted by Crippen LogP contribution is -2.57. The zero-order chi connectivity index (χ0) is 30.6. The van der Waals surface area contributed by atoms with Gasteiger partial charge in [-0.2, -0.15) is 9.97 Å². The molecule has 7 rings (SSSR count). The van der Waals surface area contributed by atoms with Crippen LogP contribution in [-0.2, 0) is 4.74 Å². The summed E-state index contributed by atoms with van der Waals surface area (Å²) in [6.07, 6.45) is 5.68. The summed E-state index contributed by atoms with van der Waals surface area (Å²) in [5, 5.41) is 13.3. The SMILES string of the molecule is CN1CCC[C@H]1COc1nc(N2CC3CCC(C2)N3C(=O)OC(C)(C)C)c2cnc(-c3cc(O)cc4ccccc34)cc2n1. The van der Waals surface area contributed by atoms with Gasteiger partial charge in [0.2, 0.25) is 0 Å². The number of carbonyl (C=O) groups is 1.